The predicted molar refractivity (Wildman–Crippen MR) is 91.9 cm³/mol. The summed E-state index contributed by atoms with van der Waals surface area (Å²) in [5.74, 6) is 0.394. The fraction of sp³-hybridized carbons (Fsp3) is 0.700. The van der Waals surface area contributed by atoms with Crippen molar-refractivity contribution in [2.75, 3.05) is 20.1 Å². The third-order valence-electron chi connectivity index (χ3n) is 6.77. The molecule has 1 aromatic rings. The van der Waals surface area contributed by atoms with Gasteiger partial charge in [-0.25, -0.2) is 0 Å². The zero-order chi connectivity index (χ0) is 15.8. The topological polar surface area (TPSA) is 23.5 Å². The number of hydrogen-bond acceptors (Lipinski definition) is 2. The van der Waals surface area contributed by atoms with Gasteiger partial charge in [0, 0.05) is 5.41 Å². The number of aliphatic hydroxyl groups is 1. The van der Waals surface area contributed by atoms with Crippen molar-refractivity contribution in [3.05, 3.63) is 35.4 Å². The summed E-state index contributed by atoms with van der Waals surface area (Å²) in [5, 5.41) is 12.1. The largest absolute Gasteiger partial charge is 0.384 e. The van der Waals surface area contributed by atoms with Gasteiger partial charge in [-0.15, -0.1) is 0 Å². The van der Waals surface area contributed by atoms with E-state index in [1.54, 1.807) is 0 Å². The Kier molecular flexibility index (Phi) is 4.35. The van der Waals surface area contributed by atoms with Crippen LogP contribution >= 0.6 is 0 Å². The van der Waals surface area contributed by atoms with E-state index >= 15 is 0 Å². The van der Waals surface area contributed by atoms with Crippen LogP contribution in [-0.2, 0) is 12.0 Å². The molecule has 0 aromatic heterocycles. The Morgan fingerprint density at radius 2 is 1.77 bits per heavy atom. The Hall–Kier alpha value is -0.860. The van der Waals surface area contributed by atoms with Gasteiger partial charge in [0.1, 0.15) is 0 Å². The van der Waals surface area contributed by atoms with Gasteiger partial charge in [0.05, 0.1) is 5.60 Å². The average Bonchev–Trinajstić information content (AvgIpc) is 2.56. The lowest BCUT2D eigenvalue weighted by atomic mass is 9.53. The Bertz CT molecular complexity index is 514. The summed E-state index contributed by atoms with van der Waals surface area (Å²) >= 11 is 0. The quantitative estimate of drug-likeness (QED) is 0.913. The van der Waals surface area contributed by atoms with E-state index < -0.39 is 5.60 Å². The van der Waals surface area contributed by atoms with E-state index in [9.17, 15) is 5.11 Å². The van der Waals surface area contributed by atoms with E-state index in [-0.39, 0.29) is 5.41 Å². The highest BCUT2D eigenvalue weighted by atomic mass is 16.3. The molecule has 122 valence electrons. The maximum Gasteiger partial charge on any atom is 0.0983 e. The standard InChI is InChI=1S/C20H31NO/c1-4-19(5-2)13-10-16-8-6-7-9-18(16)20(19,22)17-11-14-21(3)15-12-17/h6-9,17,22H,4-5,10-15H2,1-3H3. The minimum atomic E-state index is -0.646. The Morgan fingerprint density at radius 3 is 2.41 bits per heavy atom. The molecule has 1 N–H and O–H groups in total. The van der Waals surface area contributed by atoms with Gasteiger partial charge in [-0.05, 0) is 75.7 Å². The lowest BCUT2D eigenvalue weighted by Crippen LogP contribution is -2.55. The first-order valence-electron chi connectivity index (χ1n) is 9.06. The molecule has 1 unspecified atom stereocenters. The fourth-order valence-electron chi connectivity index (χ4n) is 5.18. The molecule has 0 radical (unpaired) electrons. The fourth-order valence-corrected chi connectivity index (χ4v) is 5.18. The van der Waals surface area contributed by atoms with Crippen molar-refractivity contribution >= 4 is 0 Å². The lowest BCUT2D eigenvalue weighted by molar-refractivity contribution is -0.161. The van der Waals surface area contributed by atoms with Crippen LogP contribution in [0.25, 0.3) is 0 Å². The molecule has 1 saturated heterocycles. The van der Waals surface area contributed by atoms with Crippen molar-refractivity contribution in [3.8, 4) is 0 Å². The molecular formula is C20H31NO. The molecule has 1 aliphatic carbocycles. The van der Waals surface area contributed by atoms with Crippen LogP contribution in [0.15, 0.2) is 24.3 Å². The molecule has 2 nitrogen and oxygen atoms in total. The summed E-state index contributed by atoms with van der Waals surface area (Å²) in [5.41, 5.74) is 2.01. The zero-order valence-corrected chi connectivity index (χ0v) is 14.4. The van der Waals surface area contributed by atoms with Crippen LogP contribution in [-0.4, -0.2) is 30.1 Å². The normalized spacial score (nSPS) is 29.3. The highest BCUT2D eigenvalue weighted by molar-refractivity contribution is 5.38. The van der Waals surface area contributed by atoms with Crippen molar-refractivity contribution in [1.82, 2.24) is 4.90 Å². The number of piperidine rings is 1. The molecule has 2 aliphatic rings. The van der Waals surface area contributed by atoms with Gasteiger partial charge in [0.25, 0.3) is 0 Å². The number of benzene rings is 1. The second-order valence-corrected chi connectivity index (χ2v) is 7.49. The van der Waals surface area contributed by atoms with E-state index in [4.69, 9.17) is 0 Å². The lowest BCUT2D eigenvalue weighted by Gasteiger charge is -2.56. The summed E-state index contributed by atoms with van der Waals surface area (Å²) in [6.07, 6.45) is 6.61. The molecule has 1 atom stereocenters. The van der Waals surface area contributed by atoms with Crippen molar-refractivity contribution in [1.29, 1.82) is 0 Å². The van der Waals surface area contributed by atoms with Gasteiger partial charge in [-0.3, -0.25) is 0 Å². The SMILES string of the molecule is CCC1(CC)CCc2ccccc2C1(O)C1CCN(C)CC1. The number of fused-ring (bicyclic) bond motifs is 1. The highest BCUT2D eigenvalue weighted by Crippen LogP contribution is 2.58. The van der Waals surface area contributed by atoms with Crippen LogP contribution in [0.4, 0.5) is 0 Å². The monoisotopic (exact) mass is 301 g/mol. The summed E-state index contributed by atoms with van der Waals surface area (Å²) in [7, 11) is 2.20. The van der Waals surface area contributed by atoms with Crippen LogP contribution in [0.3, 0.4) is 0 Å². The van der Waals surface area contributed by atoms with E-state index in [1.807, 2.05) is 0 Å². The average molecular weight is 301 g/mol. The Labute approximate surface area is 135 Å². The summed E-state index contributed by atoms with van der Waals surface area (Å²) in [4.78, 5) is 2.40. The number of rotatable bonds is 3. The highest BCUT2D eigenvalue weighted by Gasteiger charge is 2.56. The smallest absolute Gasteiger partial charge is 0.0983 e. The number of nitrogens with zero attached hydrogens (tertiary/aromatic N) is 1. The van der Waals surface area contributed by atoms with Crippen LogP contribution in [0, 0.1) is 11.3 Å². The molecule has 0 bridgehead atoms. The summed E-state index contributed by atoms with van der Waals surface area (Å²) in [6, 6.07) is 8.66. The molecule has 0 saturated carbocycles. The number of hydrogen-bond donors (Lipinski definition) is 1. The first-order chi connectivity index (χ1) is 10.6. The minimum Gasteiger partial charge on any atom is -0.384 e. The van der Waals surface area contributed by atoms with Crippen LogP contribution in [0.5, 0.6) is 0 Å². The molecular weight excluding hydrogens is 270 g/mol. The van der Waals surface area contributed by atoms with Crippen molar-refractivity contribution in [3.63, 3.8) is 0 Å². The predicted octanol–water partition coefficient (Wildman–Crippen LogP) is 3.97. The third-order valence-corrected chi connectivity index (χ3v) is 6.77. The maximum atomic E-state index is 12.1. The van der Waals surface area contributed by atoms with E-state index in [0.717, 1.165) is 51.6 Å². The van der Waals surface area contributed by atoms with Crippen molar-refractivity contribution in [2.24, 2.45) is 11.3 Å². The van der Waals surface area contributed by atoms with Gasteiger partial charge in [-0.2, -0.15) is 0 Å². The van der Waals surface area contributed by atoms with Gasteiger partial charge in [-0.1, -0.05) is 38.1 Å². The Morgan fingerprint density at radius 1 is 1.14 bits per heavy atom. The van der Waals surface area contributed by atoms with Crippen molar-refractivity contribution in [2.45, 2.75) is 58.0 Å². The molecule has 1 fully saturated rings. The second-order valence-electron chi connectivity index (χ2n) is 7.49. The molecule has 0 spiro atoms. The number of likely N-dealkylation sites (tertiary alicyclic amines) is 1. The molecule has 1 aromatic carbocycles. The van der Waals surface area contributed by atoms with E-state index in [1.165, 1.54) is 11.1 Å². The van der Waals surface area contributed by atoms with Gasteiger partial charge >= 0.3 is 0 Å². The Balaban J connectivity index is 2.09. The van der Waals surface area contributed by atoms with Crippen molar-refractivity contribution < 1.29 is 5.11 Å². The van der Waals surface area contributed by atoms with Gasteiger partial charge < -0.3 is 10.0 Å². The van der Waals surface area contributed by atoms with Crippen LogP contribution in [0.2, 0.25) is 0 Å². The van der Waals surface area contributed by atoms with Crippen LogP contribution in [0.1, 0.15) is 57.1 Å². The molecule has 2 heteroatoms. The summed E-state index contributed by atoms with van der Waals surface area (Å²) in [6.45, 7) is 6.77. The van der Waals surface area contributed by atoms with E-state index in [0.29, 0.717) is 5.92 Å². The first-order valence-corrected chi connectivity index (χ1v) is 9.06. The van der Waals surface area contributed by atoms with E-state index in [2.05, 4.69) is 50.1 Å². The van der Waals surface area contributed by atoms with Gasteiger partial charge in [0.15, 0.2) is 0 Å². The first kappa shape index (κ1) is 16.0. The maximum absolute atomic E-state index is 12.1. The van der Waals surface area contributed by atoms with Crippen LogP contribution < -0.4 is 0 Å². The molecule has 1 heterocycles. The molecule has 22 heavy (non-hydrogen) atoms. The third kappa shape index (κ3) is 2.23. The molecule has 1 aliphatic heterocycles. The molecule has 3 rings (SSSR count). The molecule has 0 amide bonds. The zero-order valence-electron chi connectivity index (χ0n) is 14.4. The minimum absolute atomic E-state index is 0.0436. The summed E-state index contributed by atoms with van der Waals surface area (Å²) < 4.78 is 0. The second kappa shape index (κ2) is 5.98. The number of aryl methyl sites for hydroxylation is 1. The van der Waals surface area contributed by atoms with Gasteiger partial charge in [0.2, 0.25) is 0 Å².